The number of aliphatic carboxylic acids is 1. The van der Waals surface area contributed by atoms with Crippen molar-refractivity contribution in [3.8, 4) is 5.75 Å². The molecule has 16 heavy (non-hydrogen) atoms. The highest BCUT2D eigenvalue weighted by Crippen LogP contribution is 2.30. The lowest BCUT2D eigenvalue weighted by atomic mass is 9.85. The molecule has 2 unspecified atom stereocenters. The Morgan fingerprint density at radius 1 is 1.50 bits per heavy atom. The minimum atomic E-state index is -1.79. The van der Waals surface area contributed by atoms with Crippen LogP contribution in [-0.2, 0) is 4.79 Å². The number of carbonyl (C=O) groups is 1. The smallest absolute Gasteiger partial charge is 0.336 e. The van der Waals surface area contributed by atoms with Gasteiger partial charge in [-0.2, -0.15) is 0 Å². The van der Waals surface area contributed by atoms with Gasteiger partial charge in [-0.1, -0.05) is 19.1 Å². The molecule has 2 atom stereocenters. The molecule has 0 amide bonds. The SMILES string of the molecule is COc1cccc(C(C)C(C)(O)C(=O)O)c1. The zero-order chi connectivity index (χ0) is 12.3. The Balaban J connectivity index is 3.04. The molecule has 1 aromatic rings. The Bertz CT molecular complexity index is 384. The maximum Gasteiger partial charge on any atom is 0.336 e. The molecule has 0 aromatic heterocycles. The summed E-state index contributed by atoms with van der Waals surface area (Å²) in [7, 11) is 1.54. The molecule has 2 N–H and O–H groups in total. The highest BCUT2D eigenvalue weighted by molar-refractivity contribution is 5.78. The predicted octanol–water partition coefficient (Wildman–Crippen LogP) is 1.63. The van der Waals surface area contributed by atoms with Crippen LogP contribution in [0.2, 0.25) is 0 Å². The van der Waals surface area contributed by atoms with Crippen molar-refractivity contribution in [2.45, 2.75) is 25.4 Å². The summed E-state index contributed by atoms with van der Waals surface area (Å²) in [5.74, 6) is -1.10. The lowest BCUT2D eigenvalue weighted by molar-refractivity contribution is -0.158. The average molecular weight is 224 g/mol. The van der Waals surface area contributed by atoms with Crippen molar-refractivity contribution >= 4 is 5.97 Å². The monoisotopic (exact) mass is 224 g/mol. The normalized spacial score (nSPS) is 16.2. The molecule has 0 radical (unpaired) electrons. The van der Waals surface area contributed by atoms with Gasteiger partial charge in [0, 0.05) is 5.92 Å². The molecule has 0 bridgehead atoms. The number of rotatable bonds is 4. The summed E-state index contributed by atoms with van der Waals surface area (Å²) in [5, 5.41) is 18.8. The molecule has 0 aliphatic carbocycles. The van der Waals surface area contributed by atoms with Gasteiger partial charge in [-0.25, -0.2) is 4.79 Å². The molecule has 1 rings (SSSR count). The quantitative estimate of drug-likeness (QED) is 0.815. The van der Waals surface area contributed by atoms with Gasteiger partial charge in [0.1, 0.15) is 5.75 Å². The zero-order valence-corrected chi connectivity index (χ0v) is 9.60. The second-order valence-electron chi connectivity index (χ2n) is 3.95. The van der Waals surface area contributed by atoms with Crippen LogP contribution in [0.4, 0.5) is 0 Å². The third kappa shape index (κ3) is 2.33. The molecule has 0 aliphatic heterocycles. The molecule has 88 valence electrons. The molecular formula is C12H16O4. The first kappa shape index (κ1) is 12.5. The molecule has 0 aliphatic rings. The van der Waals surface area contributed by atoms with Crippen LogP contribution >= 0.6 is 0 Å². The number of aliphatic hydroxyl groups is 1. The van der Waals surface area contributed by atoms with Gasteiger partial charge in [0.2, 0.25) is 0 Å². The number of hydrogen-bond donors (Lipinski definition) is 2. The summed E-state index contributed by atoms with van der Waals surface area (Å²) in [5.41, 5.74) is -1.06. The molecular weight excluding hydrogens is 208 g/mol. The fourth-order valence-electron chi connectivity index (χ4n) is 1.42. The summed E-state index contributed by atoms with van der Waals surface area (Å²) >= 11 is 0. The average Bonchev–Trinajstić information content (AvgIpc) is 2.27. The van der Waals surface area contributed by atoms with Crippen LogP contribution in [0, 0.1) is 0 Å². The van der Waals surface area contributed by atoms with E-state index in [1.807, 2.05) is 0 Å². The van der Waals surface area contributed by atoms with E-state index in [-0.39, 0.29) is 0 Å². The molecule has 1 aromatic carbocycles. The molecule has 0 heterocycles. The van der Waals surface area contributed by atoms with Crippen molar-refractivity contribution in [3.63, 3.8) is 0 Å². The minimum absolute atomic E-state index is 0.514. The number of carboxylic acid groups (broad SMARTS) is 1. The van der Waals surface area contributed by atoms with Gasteiger partial charge in [-0.05, 0) is 24.6 Å². The third-order valence-corrected chi connectivity index (χ3v) is 2.87. The first-order valence-corrected chi connectivity index (χ1v) is 4.99. The van der Waals surface area contributed by atoms with Gasteiger partial charge < -0.3 is 14.9 Å². The van der Waals surface area contributed by atoms with Crippen molar-refractivity contribution in [1.82, 2.24) is 0 Å². The van der Waals surface area contributed by atoms with Crippen LogP contribution in [-0.4, -0.2) is 28.9 Å². The summed E-state index contributed by atoms with van der Waals surface area (Å²) in [4.78, 5) is 10.9. The topological polar surface area (TPSA) is 66.8 Å². The zero-order valence-electron chi connectivity index (χ0n) is 9.60. The first-order chi connectivity index (χ1) is 7.39. The van der Waals surface area contributed by atoms with E-state index in [4.69, 9.17) is 9.84 Å². The van der Waals surface area contributed by atoms with Gasteiger partial charge in [0.05, 0.1) is 7.11 Å². The Hall–Kier alpha value is -1.55. The van der Waals surface area contributed by atoms with Crippen LogP contribution in [0.3, 0.4) is 0 Å². The van der Waals surface area contributed by atoms with Gasteiger partial charge in [0.15, 0.2) is 5.60 Å². The highest BCUT2D eigenvalue weighted by Gasteiger charge is 2.37. The molecule has 4 heteroatoms. The van der Waals surface area contributed by atoms with Gasteiger partial charge >= 0.3 is 5.97 Å². The van der Waals surface area contributed by atoms with Crippen molar-refractivity contribution < 1.29 is 19.7 Å². The van der Waals surface area contributed by atoms with Crippen LogP contribution in [0.5, 0.6) is 5.75 Å². The van der Waals surface area contributed by atoms with Crippen LogP contribution < -0.4 is 4.74 Å². The number of carboxylic acids is 1. The van der Waals surface area contributed by atoms with Crippen molar-refractivity contribution in [3.05, 3.63) is 29.8 Å². The number of benzene rings is 1. The fraction of sp³-hybridized carbons (Fsp3) is 0.417. The van der Waals surface area contributed by atoms with E-state index in [1.54, 1.807) is 38.3 Å². The minimum Gasteiger partial charge on any atom is -0.497 e. The van der Waals surface area contributed by atoms with Crippen molar-refractivity contribution in [2.75, 3.05) is 7.11 Å². The van der Waals surface area contributed by atoms with E-state index in [0.29, 0.717) is 5.75 Å². The Morgan fingerprint density at radius 3 is 2.62 bits per heavy atom. The number of ether oxygens (including phenoxy) is 1. The van der Waals surface area contributed by atoms with Crippen LogP contribution in [0.25, 0.3) is 0 Å². The maximum atomic E-state index is 10.9. The van der Waals surface area contributed by atoms with E-state index in [1.165, 1.54) is 6.92 Å². The standard InChI is InChI=1S/C12H16O4/c1-8(12(2,15)11(13)14)9-5-4-6-10(7-9)16-3/h4-8,15H,1-3H3,(H,13,14). The number of methoxy groups -OCH3 is 1. The summed E-state index contributed by atoms with van der Waals surface area (Å²) < 4.78 is 5.05. The molecule has 0 spiro atoms. The van der Waals surface area contributed by atoms with Crippen LogP contribution in [0.1, 0.15) is 25.3 Å². The van der Waals surface area contributed by atoms with E-state index in [0.717, 1.165) is 5.56 Å². The molecule has 0 fully saturated rings. The van der Waals surface area contributed by atoms with E-state index < -0.39 is 17.5 Å². The fourth-order valence-corrected chi connectivity index (χ4v) is 1.42. The summed E-state index contributed by atoms with van der Waals surface area (Å²) in [6.45, 7) is 2.96. The number of hydrogen-bond acceptors (Lipinski definition) is 3. The van der Waals surface area contributed by atoms with Crippen molar-refractivity contribution in [1.29, 1.82) is 0 Å². The largest absolute Gasteiger partial charge is 0.497 e. The Labute approximate surface area is 94.5 Å². The van der Waals surface area contributed by atoms with Gasteiger partial charge in [-0.15, -0.1) is 0 Å². The first-order valence-electron chi connectivity index (χ1n) is 4.99. The van der Waals surface area contributed by atoms with E-state index >= 15 is 0 Å². The highest BCUT2D eigenvalue weighted by atomic mass is 16.5. The van der Waals surface area contributed by atoms with E-state index in [9.17, 15) is 9.90 Å². The van der Waals surface area contributed by atoms with E-state index in [2.05, 4.69) is 0 Å². The lowest BCUT2D eigenvalue weighted by Crippen LogP contribution is -2.40. The van der Waals surface area contributed by atoms with Crippen LogP contribution in [0.15, 0.2) is 24.3 Å². The van der Waals surface area contributed by atoms with Gasteiger partial charge in [-0.3, -0.25) is 0 Å². The molecule has 0 saturated carbocycles. The third-order valence-electron chi connectivity index (χ3n) is 2.87. The maximum absolute atomic E-state index is 10.9. The second kappa shape index (κ2) is 4.53. The van der Waals surface area contributed by atoms with Gasteiger partial charge in [0.25, 0.3) is 0 Å². The lowest BCUT2D eigenvalue weighted by Gasteiger charge is -2.26. The van der Waals surface area contributed by atoms with Crippen molar-refractivity contribution in [2.24, 2.45) is 0 Å². The predicted molar refractivity (Wildman–Crippen MR) is 59.7 cm³/mol. The summed E-state index contributed by atoms with van der Waals surface area (Å²) in [6.07, 6.45) is 0. The summed E-state index contributed by atoms with van der Waals surface area (Å²) in [6, 6.07) is 7.03. The Morgan fingerprint density at radius 2 is 2.12 bits per heavy atom. The molecule has 4 nitrogen and oxygen atoms in total. The Kier molecular flexibility index (Phi) is 3.55. The second-order valence-corrected chi connectivity index (χ2v) is 3.95. The molecule has 0 saturated heterocycles.